The van der Waals surface area contributed by atoms with E-state index in [4.69, 9.17) is 4.74 Å². The van der Waals surface area contributed by atoms with Crippen LogP contribution in [0, 0.1) is 0 Å². The fourth-order valence-electron chi connectivity index (χ4n) is 2.44. The lowest BCUT2D eigenvalue weighted by Crippen LogP contribution is -2.25. The molecule has 0 aromatic carbocycles. The van der Waals surface area contributed by atoms with E-state index in [0.29, 0.717) is 6.61 Å². The van der Waals surface area contributed by atoms with E-state index in [9.17, 15) is 5.11 Å². The molecule has 1 atom stereocenters. The average molecular weight is 272 g/mol. The second-order valence-corrected chi connectivity index (χ2v) is 6.17. The van der Waals surface area contributed by atoms with Crippen LogP contribution in [0.4, 0.5) is 0 Å². The summed E-state index contributed by atoms with van der Waals surface area (Å²) < 4.78 is 5.02. The molecule has 19 heavy (non-hydrogen) atoms. The first-order valence-electron chi connectivity index (χ1n) is 8.33. The van der Waals surface area contributed by atoms with Crippen molar-refractivity contribution in [1.82, 2.24) is 0 Å². The molecule has 0 fully saturated rings. The van der Waals surface area contributed by atoms with Crippen molar-refractivity contribution >= 4 is 0 Å². The van der Waals surface area contributed by atoms with Gasteiger partial charge in [-0.25, -0.2) is 0 Å². The van der Waals surface area contributed by atoms with Gasteiger partial charge in [-0.15, -0.1) is 0 Å². The van der Waals surface area contributed by atoms with Crippen LogP contribution in [0.3, 0.4) is 0 Å². The fraction of sp³-hybridized carbons (Fsp3) is 1.00. The molecule has 0 amide bonds. The fourth-order valence-corrected chi connectivity index (χ4v) is 2.44. The first-order chi connectivity index (χ1) is 9.12. The maximum atomic E-state index is 10.1. The average Bonchev–Trinajstić information content (AvgIpc) is 2.38. The summed E-state index contributed by atoms with van der Waals surface area (Å²) in [4.78, 5) is 0. The van der Waals surface area contributed by atoms with E-state index in [-0.39, 0.29) is 0 Å². The molecule has 0 spiro atoms. The summed E-state index contributed by atoms with van der Waals surface area (Å²) in [5, 5.41) is 10.1. The highest BCUT2D eigenvalue weighted by Gasteiger charge is 2.18. The lowest BCUT2D eigenvalue weighted by atomic mass is 9.94. The van der Waals surface area contributed by atoms with Crippen LogP contribution in [0.25, 0.3) is 0 Å². The van der Waals surface area contributed by atoms with Gasteiger partial charge < -0.3 is 9.84 Å². The van der Waals surface area contributed by atoms with Crippen LogP contribution >= 0.6 is 0 Å². The molecule has 0 bridgehead atoms. The van der Waals surface area contributed by atoms with Crippen molar-refractivity contribution in [1.29, 1.82) is 0 Å². The number of ether oxygens (including phenoxy) is 1. The van der Waals surface area contributed by atoms with E-state index >= 15 is 0 Å². The zero-order chi connectivity index (χ0) is 14.4. The molecule has 0 aliphatic heterocycles. The van der Waals surface area contributed by atoms with Crippen molar-refractivity contribution in [2.24, 2.45) is 0 Å². The topological polar surface area (TPSA) is 29.5 Å². The lowest BCUT2D eigenvalue weighted by molar-refractivity contribution is 0.0152. The van der Waals surface area contributed by atoms with E-state index in [0.717, 1.165) is 19.3 Å². The third-order valence-electron chi connectivity index (χ3n) is 3.91. The zero-order valence-electron chi connectivity index (χ0n) is 13.5. The van der Waals surface area contributed by atoms with Crippen LogP contribution in [0.1, 0.15) is 90.9 Å². The van der Waals surface area contributed by atoms with Gasteiger partial charge in [0.15, 0.2) is 0 Å². The predicted molar refractivity (Wildman–Crippen MR) is 83.6 cm³/mol. The molecule has 0 saturated carbocycles. The Morgan fingerprint density at radius 3 is 1.74 bits per heavy atom. The van der Waals surface area contributed by atoms with Crippen molar-refractivity contribution in [2.45, 2.75) is 96.5 Å². The Bertz CT molecular complexity index is 178. The highest BCUT2D eigenvalue weighted by molar-refractivity contribution is 4.71. The molecule has 0 aromatic heterocycles. The van der Waals surface area contributed by atoms with Crippen molar-refractivity contribution in [3.8, 4) is 0 Å². The molecule has 0 saturated heterocycles. The predicted octanol–water partition coefficient (Wildman–Crippen LogP) is 5.08. The number of hydrogen-bond donors (Lipinski definition) is 1. The van der Waals surface area contributed by atoms with Crippen LogP contribution < -0.4 is 0 Å². The van der Waals surface area contributed by atoms with Gasteiger partial charge in [-0.3, -0.25) is 0 Å². The summed E-state index contributed by atoms with van der Waals surface area (Å²) in [5.41, 5.74) is -0.532. The first-order valence-corrected chi connectivity index (χ1v) is 8.33. The van der Waals surface area contributed by atoms with E-state index in [1.165, 1.54) is 57.8 Å². The minimum atomic E-state index is -0.532. The summed E-state index contributed by atoms with van der Waals surface area (Å²) in [6.45, 7) is 4.85. The van der Waals surface area contributed by atoms with Gasteiger partial charge in [0.1, 0.15) is 0 Å². The van der Waals surface area contributed by atoms with E-state index in [1.54, 1.807) is 7.11 Å². The Hall–Kier alpha value is -0.0800. The zero-order valence-corrected chi connectivity index (χ0v) is 13.5. The van der Waals surface area contributed by atoms with E-state index in [1.807, 2.05) is 6.92 Å². The van der Waals surface area contributed by atoms with Gasteiger partial charge in [-0.05, 0) is 19.8 Å². The van der Waals surface area contributed by atoms with Crippen molar-refractivity contribution in [3.05, 3.63) is 0 Å². The quantitative estimate of drug-likeness (QED) is 0.447. The molecule has 0 aromatic rings. The Morgan fingerprint density at radius 2 is 1.26 bits per heavy atom. The number of hydrogen-bond acceptors (Lipinski definition) is 2. The molecule has 2 heteroatoms. The van der Waals surface area contributed by atoms with Crippen LogP contribution in [-0.2, 0) is 4.74 Å². The molecule has 2 nitrogen and oxygen atoms in total. The highest BCUT2D eigenvalue weighted by atomic mass is 16.5. The maximum Gasteiger partial charge on any atom is 0.0641 e. The standard InChI is InChI=1S/C17H36O2/c1-4-5-6-7-8-9-10-11-12-13-14-17(2,18)15-16-19-3/h18H,4-16H2,1-3H3. The maximum absolute atomic E-state index is 10.1. The van der Waals surface area contributed by atoms with Gasteiger partial charge in [-0.2, -0.15) is 0 Å². The molecule has 116 valence electrons. The molecule has 0 radical (unpaired) electrons. The number of aliphatic hydroxyl groups is 1. The SMILES string of the molecule is CCCCCCCCCCCCC(C)(O)CCOC. The molecule has 1 N–H and O–H groups in total. The summed E-state index contributed by atoms with van der Waals surface area (Å²) in [6.07, 6.45) is 15.1. The smallest absolute Gasteiger partial charge is 0.0641 e. The molecule has 0 aliphatic rings. The van der Waals surface area contributed by atoms with Crippen LogP contribution in [0.5, 0.6) is 0 Å². The van der Waals surface area contributed by atoms with E-state index < -0.39 is 5.60 Å². The normalized spacial score (nSPS) is 14.5. The summed E-state index contributed by atoms with van der Waals surface area (Å²) in [7, 11) is 1.69. The van der Waals surface area contributed by atoms with E-state index in [2.05, 4.69) is 6.92 Å². The number of unbranched alkanes of at least 4 members (excludes halogenated alkanes) is 9. The Balaban J connectivity index is 3.21. The second kappa shape index (κ2) is 12.9. The monoisotopic (exact) mass is 272 g/mol. The van der Waals surface area contributed by atoms with Gasteiger partial charge in [0.05, 0.1) is 5.60 Å². The number of rotatable bonds is 14. The van der Waals surface area contributed by atoms with Gasteiger partial charge >= 0.3 is 0 Å². The molecule has 0 aliphatic carbocycles. The van der Waals surface area contributed by atoms with Crippen molar-refractivity contribution < 1.29 is 9.84 Å². The molecule has 0 rings (SSSR count). The largest absolute Gasteiger partial charge is 0.390 e. The Labute approximate surface area is 120 Å². The van der Waals surface area contributed by atoms with Gasteiger partial charge in [0.25, 0.3) is 0 Å². The minimum Gasteiger partial charge on any atom is -0.390 e. The van der Waals surface area contributed by atoms with Crippen LogP contribution in [-0.4, -0.2) is 24.4 Å². The first kappa shape index (κ1) is 18.9. The lowest BCUT2D eigenvalue weighted by Gasteiger charge is -2.22. The summed E-state index contributed by atoms with van der Waals surface area (Å²) in [6, 6.07) is 0. The number of methoxy groups -OCH3 is 1. The van der Waals surface area contributed by atoms with Gasteiger partial charge in [0.2, 0.25) is 0 Å². The second-order valence-electron chi connectivity index (χ2n) is 6.17. The highest BCUT2D eigenvalue weighted by Crippen LogP contribution is 2.19. The molecular formula is C17H36O2. The third-order valence-corrected chi connectivity index (χ3v) is 3.91. The van der Waals surface area contributed by atoms with Gasteiger partial charge in [0, 0.05) is 13.7 Å². The van der Waals surface area contributed by atoms with Crippen LogP contribution in [0.15, 0.2) is 0 Å². The van der Waals surface area contributed by atoms with Crippen molar-refractivity contribution in [2.75, 3.05) is 13.7 Å². The molecule has 1 unspecified atom stereocenters. The molecular weight excluding hydrogens is 236 g/mol. The van der Waals surface area contributed by atoms with Gasteiger partial charge in [-0.1, -0.05) is 71.1 Å². The summed E-state index contributed by atoms with van der Waals surface area (Å²) >= 11 is 0. The molecule has 0 heterocycles. The van der Waals surface area contributed by atoms with Crippen molar-refractivity contribution in [3.63, 3.8) is 0 Å². The Kier molecular flexibility index (Phi) is 12.9. The third kappa shape index (κ3) is 14.1. The Morgan fingerprint density at radius 1 is 0.789 bits per heavy atom. The minimum absolute atomic E-state index is 0.532. The summed E-state index contributed by atoms with van der Waals surface area (Å²) in [5.74, 6) is 0. The van der Waals surface area contributed by atoms with Crippen LogP contribution in [0.2, 0.25) is 0 Å².